The lowest BCUT2D eigenvalue weighted by molar-refractivity contribution is 0.0692. The second-order valence-corrected chi connectivity index (χ2v) is 4.81. The first-order valence-corrected chi connectivity index (χ1v) is 6.19. The fraction of sp³-hybridized carbons (Fsp3) is 0.500. The number of carboxylic acid groups (broad SMARTS) is 1. The molecule has 0 aromatic heterocycles. The molecule has 0 aliphatic rings. The van der Waals surface area contributed by atoms with Crippen LogP contribution in [0.15, 0.2) is 18.2 Å². The highest BCUT2D eigenvalue weighted by atomic mass is 19.1. The van der Waals surface area contributed by atoms with E-state index in [1.54, 1.807) is 13.2 Å². The van der Waals surface area contributed by atoms with Gasteiger partial charge in [-0.1, -0.05) is 19.9 Å². The van der Waals surface area contributed by atoms with Gasteiger partial charge in [0.25, 0.3) is 0 Å². The van der Waals surface area contributed by atoms with Gasteiger partial charge in [0.2, 0.25) is 0 Å². The number of rotatable bonds is 7. The summed E-state index contributed by atoms with van der Waals surface area (Å²) in [7, 11) is 1.64. The Balaban J connectivity index is 2.67. The first-order valence-electron chi connectivity index (χ1n) is 6.19. The van der Waals surface area contributed by atoms with E-state index in [1.165, 1.54) is 12.1 Å². The minimum Gasteiger partial charge on any atom is -0.478 e. The molecule has 1 atom stereocenters. The van der Waals surface area contributed by atoms with Crippen LogP contribution in [-0.2, 0) is 11.3 Å². The average Bonchev–Trinajstić information content (AvgIpc) is 2.33. The smallest absolute Gasteiger partial charge is 0.338 e. The number of benzene rings is 1. The van der Waals surface area contributed by atoms with Crippen LogP contribution in [0.2, 0.25) is 0 Å². The van der Waals surface area contributed by atoms with Crippen LogP contribution in [0.25, 0.3) is 0 Å². The van der Waals surface area contributed by atoms with Crippen molar-refractivity contribution in [2.24, 2.45) is 5.92 Å². The summed E-state index contributed by atoms with van der Waals surface area (Å²) in [6.45, 7) is 5.20. The molecule has 1 rings (SSSR count). The van der Waals surface area contributed by atoms with Gasteiger partial charge in [-0.05, 0) is 23.6 Å². The summed E-state index contributed by atoms with van der Waals surface area (Å²) in [5, 5.41) is 12.0. The van der Waals surface area contributed by atoms with Gasteiger partial charge in [-0.3, -0.25) is 0 Å². The van der Waals surface area contributed by atoms with Crippen LogP contribution in [0.3, 0.4) is 0 Å². The number of methoxy groups -OCH3 is 1. The highest BCUT2D eigenvalue weighted by molar-refractivity contribution is 5.87. The lowest BCUT2D eigenvalue weighted by Gasteiger charge is -2.21. The monoisotopic (exact) mass is 269 g/mol. The number of aromatic carboxylic acids is 1. The fourth-order valence-corrected chi connectivity index (χ4v) is 1.76. The molecule has 1 aromatic rings. The molecule has 0 spiro atoms. The van der Waals surface area contributed by atoms with Gasteiger partial charge >= 0.3 is 5.97 Å². The van der Waals surface area contributed by atoms with Crippen molar-refractivity contribution in [2.75, 3.05) is 13.7 Å². The van der Waals surface area contributed by atoms with Gasteiger partial charge in [0, 0.05) is 19.7 Å². The maximum Gasteiger partial charge on any atom is 0.338 e. The van der Waals surface area contributed by atoms with E-state index in [1.807, 2.05) is 0 Å². The van der Waals surface area contributed by atoms with Crippen LogP contribution in [0.4, 0.5) is 4.39 Å². The molecule has 5 heteroatoms. The second kappa shape index (κ2) is 7.21. The number of carbonyl (C=O) groups is 1. The molecule has 1 aromatic carbocycles. The Morgan fingerprint density at radius 1 is 1.47 bits per heavy atom. The van der Waals surface area contributed by atoms with Crippen molar-refractivity contribution in [1.82, 2.24) is 5.32 Å². The third kappa shape index (κ3) is 4.61. The SMILES string of the molecule is COCC(NCc1ccc(C(=O)O)c(F)c1)C(C)C. The first-order chi connectivity index (χ1) is 8.95. The normalized spacial score (nSPS) is 12.7. The molecule has 106 valence electrons. The molecule has 0 aliphatic heterocycles. The summed E-state index contributed by atoms with van der Waals surface area (Å²) in [6, 6.07) is 4.33. The molecule has 4 nitrogen and oxygen atoms in total. The van der Waals surface area contributed by atoms with Crippen LogP contribution in [0, 0.1) is 11.7 Å². The molecule has 0 aliphatic carbocycles. The minimum atomic E-state index is -1.25. The van der Waals surface area contributed by atoms with E-state index in [-0.39, 0.29) is 11.6 Å². The van der Waals surface area contributed by atoms with Gasteiger partial charge in [0.1, 0.15) is 5.82 Å². The van der Waals surface area contributed by atoms with Crippen LogP contribution in [-0.4, -0.2) is 30.8 Å². The van der Waals surface area contributed by atoms with Gasteiger partial charge in [0.05, 0.1) is 12.2 Å². The van der Waals surface area contributed by atoms with E-state index in [0.717, 1.165) is 0 Å². The molecule has 0 heterocycles. The molecule has 0 saturated carbocycles. The predicted octanol–water partition coefficient (Wildman–Crippen LogP) is 2.28. The Hall–Kier alpha value is -1.46. The zero-order chi connectivity index (χ0) is 14.4. The number of ether oxygens (including phenoxy) is 1. The molecule has 0 saturated heterocycles. The third-order valence-corrected chi connectivity index (χ3v) is 2.98. The van der Waals surface area contributed by atoms with E-state index in [9.17, 15) is 9.18 Å². The zero-order valence-electron chi connectivity index (χ0n) is 11.4. The number of hydrogen-bond donors (Lipinski definition) is 2. The summed E-state index contributed by atoms with van der Waals surface area (Å²) in [6.07, 6.45) is 0. The lowest BCUT2D eigenvalue weighted by atomic mass is 10.0. The predicted molar refractivity (Wildman–Crippen MR) is 70.7 cm³/mol. The molecule has 0 bridgehead atoms. The number of carboxylic acids is 1. The van der Waals surface area contributed by atoms with Crippen molar-refractivity contribution in [3.63, 3.8) is 0 Å². The highest BCUT2D eigenvalue weighted by Gasteiger charge is 2.14. The Morgan fingerprint density at radius 3 is 2.63 bits per heavy atom. The third-order valence-electron chi connectivity index (χ3n) is 2.98. The van der Waals surface area contributed by atoms with E-state index in [0.29, 0.717) is 24.6 Å². The van der Waals surface area contributed by atoms with Crippen molar-refractivity contribution < 1.29 is 19.0 Å². The van der Waals surface area contributed by atoms with Crippen LogP contribution in [0.5, 0.6) is 0 Å². The Kier molecular flexibility index (Phi) is 5.92. The number of nitrogens with one attached hydrogen (secondary N) is 1. The fourth-order valence-electron chi connectivity index (χ4n) is 1.76. The lowest BCUT2D eigenvalue weighted by Crippen LogP contribution is -2.37. The highest BCUT2D eigenvalue weighted by Crippen LogP contribution is 2.11. The van der Waals surface area contributed by atoms with E-state index < -0.39 is 11.8 Å². The summed E-state index contributed by atoms with van der Waals surface area (Å²) in [4.78, 5) is 10.7. The summed E-state index contributed by atoms with van der Waals surface area (Å²) in [5.74, 6) is -1.57. The molecule has 2 N–H and O–H groups in total. The van der Waals surface area contributed by atoms with Crippen molar-refractivity contribution >= 4 is 5.97 Å². The van der Waals surface area contributed by atoms with E-state index >= 15 is 0 Å². The number of hydrogen-bond acceptors (Lipinski definition) is 3. The summed E-state index contributed by atoms with van der Waals surface area (Å²) < 4.78 is 18.6. The maximum absolute atomic E-state index is 13.5. The second-order valence-electron chi connectivity index (χ2n) is 4.81. The standard InChI is InChI=1S/C14H20FNO3/c1-9(2)13(8-19-3)16-7-10-4-5-11(14(17)18)12(15)6-10/h4-6,9,13,16H,7-8H2,1-3H3,(H,17,18). The van der Waals surface area contributed by atoms with Gasteiger partial charge < -0.3 is 15.2 Å². The van der Waals surface area contributed by atoms with E-state index in [4.69, 9.17) is 9.84 Å². The van der Waals surface area contributed by atoms with Gasteiger partial charge in [-0.15, -0.1) is 0 Å². The topological polar surface area (TPSA) is 58.6 Å². The quantitative estimate of drug-likeness (QED) is 0.797. The summed E-state index contributed by atoms with van der Waals surface area (Å²) >= 11 is 0. The van der Waals surface area contributed by atoms with Crippen LogP contribution >= 0.6 is 0 Å². The Bertz CT molecular complexity index is 435. The molecular weight excluding hydrogens is 249 g/mol. The van der Waals surface area contributed by atoms with Crippen LogP contribution < -0.4 is 5.32 Å². The van der Waals surface area contributed by atoms with Crippen molar-refractivity contribution in [2.45, 2.75) is 26.4 Å². The molecular formula is C14H20FNO3. The number of halogens is 1. The molecule has 1 unspecified atom stereocenters. The van der Waals surface area contributed by atoms with Crippen molar-refractivity contribution in [3.8, 4) is 0 Å². The molecule has 19 heavy (non-hydrogen) atoms. The van der Waals surface area contributed by atoms with Gasteiger partial charge in [0.15, 0.2) is 0 Å². The van der Waals surface area contributed by atoms with Gasteiger partial charge in [-0.2, -0.15) is 0 Å². The van der Waals surface area contributed by atoms with Crippen LogP contribution in [0.1, 0.15) is 29.8 Å². The first kappa shape index (κ1) is 15.6. The van der Waals surface area contributed by atoms with Crippen molar-refractivity contribution in [3.05, 3.63) is 35.1 Å². The van der Waals surface area contributed by atoms with Gasteiger partial charge in [-0.25, -0.2) is 9.18 Å². The Labute approximate surface area is 112 Å². The molecule has 0 amide bonds. The maximum atomic E-state index is 13.5. The zero-order valence-corrected chi connectivity index (χ0v) is 11.4. The average molecular weight is 269 g/mol. The van der Waals surface area contributed by atoms with Crippen molar-refractivity contribution in [1.29, 1.82) is 0 Å². The largest absolute Gasteiger partial charge is 0.478 e. The minimum absolute atomic E-state index is 0.173. The Morgan fingerprint density at radius 2 is 2.16 bits per heavy atom. The molecule has 0 fully saturated rings. The molecule has 0 radical (unpaired) electrons. The summed E-state index contributed by atoms with van der Waals surface area (Å²) in [5.41, 5.74) is 0.408. The van der Waals surface area contributed by atoms with E-state index in [2.05, 4.69) is 19.2 Å².